The average Bonchev–Trinajstić information content (AvgIpc) is 2.61. The van der Waals surface area contributed by atoms with E-state index in [1.54, 1.807) is 0 Å². The van der Waals surface area contributed by atoms with E-state index in [2.05, 4.69) is 10.8 Å². The van der Waals surface area contributed by atoms with Gasteiger partial charge in [-0.2, -0.15) is 0 Å². The molecule has 0 amide bonds. The zero-order chi connectivity index (χ0) is 9.60. The highest BCUT2D eigenvalue weighted by Gasteiger charge is 2.56. The third-order valence-corrected chi connectivity index (χ3v) is 4.01. The van der Waals surface area contributed by atoms with Crippen LogP contribution in [0.3, 0.4) is 0 Å². The Morgan fingerprint density at radius 1 is 1.43 bits per heavy atom. The van der Waals surface area contributed by atoms with Crippen LogP contribution in [0.2, 0.25) is 0 Å². The molecule has 0 N–H and O–H groups in total. The molecule has 1 aromatic rings. The molecule has 1 spiro atoms. The van der Waals surface area contributed by atoms with Gasteiger partial charge in [-0.1, -0.05) is 12.8 Å². The molecule has 0 aliphatic heterocycles. The smallest absolute Gasteiger partial charge is 0.166 e. The Labute approximate surface area is 83.9 Å². The van der Waals surface area contributed by atoms with Crippen LogP contribution >= 0.6 is 0 Å². The van der Waals surface area contributed by atoms with E-state index in [-0.39, 0.29) is 0 Å². The van der Waals surface area contributed by atoms with Gasteiger partial charge in [-0.3, -0.25) is 4.79 Å². The third kappa shape index (κ3) is 0.999. The first-order valence-corrected chi connectivity index (χ1v) is 5.48. The van der Waals surface area contributed by atoms with Gasteiger partial charge < -0.3 is 4.57 Å². The van der Waals surface area contributed by atoms with Gasteiger partial charge in [0.15, 0.2) is 6.29 Å². The largest absolute Gasteiger partial charge is 0.342 e. The minimum atomic E-state index is 0.580. The van der Waals surface area contributed by atoms with Gasteiger partial charge in [0, 0.05) is 12.2 Å². The molecule has 14 heavy (non-hydrogen) atoms. The van der Waals surface area contributed by atoms with Crippen LogP contribution in [-0.2, 0) is 0 Å². The molecule has 3 rings (SSSR count). The summed E-state index contributed by atoms with van der Waals surface area (Å²) < 4.78 is 2.18. The van der Waals surface area contributed by atoms with Crippen LogP contribution < -0.4 is 0 Å². The summed E-state index contributed by atoms with van der Waals surface area (Å²) in [6, 6.07) is 4.51. The van der Waals surface area contributed by atoms with Crippen LogP contribution in [0, 0.1) is 5.41 Å². The van der Waals surface area contributed by atoms with E-state index in [9.17, 15) is 4.79 Å². The number of nitrogens with zero attached hydrogens (tertiary/aromatic N) is 1. The van der Waals surface area contributed by atoms with Crippen molar-refractivity contribution >= 4 is 6.29 Å². The second kappa shape index (κ2) is 2.72. The number of hydrogen-bond donors (Lipinski definition) is 0. The summed E-state index contributed by atoms with van der Waals surface area (Å²) in [4.78, 5) is 10.8. The SMILES string of the molecule is O=Cc1cccn1C1CC12CCCC2. The lowest BCUT2D eigenvalue weighted by atomic mass is 10.1. The van der Waals surface area contributed by atoms with Crippen molar-refractivity contribution in [2.24, 2.45) is 5.41 Å². The van der Waals surface area contributed by atoms with Crippen molar-refractivity contribution in [3.8, 4) is 0 Å². The van der Waals surface area contributed by atoms with Crippen LogP contribution in [0.5, 0.6) is 0 Å². The molecule has 1 heterocycles. The minimum Gasteiger partial charge on any atom is -0.342 e. The van der Waals surface area contributed by atoms with Gasteiger partial charge in [0.05, 0.1) is 5.69 Å². The first kappa shape index (κ1) is 8.27. The lowest BCUT2D eigenvalue weighted by Crippen LogP contribution is -2.05. The number of rotatable bonds is 2. The Kier molecular flexibility index (Phi) is 1.61. The van der Waals surface area contributed by atoms with Gasteiger partial charge in [-0.25, -0.2) is 0 Å². The third-order valence-electron chi connectivity index (χ3n) is 4.01. The predicted molar refractivity (Wildman–Crippen MR) is 54.4 cm³/mol. The Bertz CT molecular complexity index is 360. The predicted octanol–water partition coefficient (Wildman–Crippen LogP) is 2.81. The standard InChI is InChI=1S/C12H15NO/c14-9-10-4-3-7-13(10)11-8-12(11)5-1-2-6-12/h3-4,7,9,11H,1-2,5-6,8H2. The second-order valence-electron chi connectivity index (χ2n) is 4.75. The van der Waals surface area contributed by atoms with Gasteiger partial charge in [0.2, 0.25) is 0 Å². The molecule has 2 saturated carbocycles. The molecule has 1 aromatic heterocycles. The van der Waals surface area contributed by atoms with Crippen LogP contribution in [0.15, 0.2) is 18.3 Å². The molecule has 2 nitrogen and oxygen atoms in total. The summed E-state index contributed by atoms with van der Waals surface area (Å²) in [5.74, 6) is 0. The Morgan fingerprint density at radius 2 is 2.21 bits per heavy atom. The van der Waals surface area contributed by atoms with Crippen molar-refractivity contribution in [1.82, 2.24) is 4.57 Å². The van der Waals surface area contributed by atoms with Crippen molar-refractivity contribution in [2.75, 3.05) is 0 Å². The van der Waals surface area contributed by atoms with E-state index in [4.69, 9.17) is 0 Å². The summed E-state index contributed by atoms with van der Waals surface area (Å²) in [5.41, 5.74) is 1.43. The number of aldehydes is 1. The minimum absolute atomic E-state index is 0.580. The van der Waals surface area contributed by atoms with Crippen LogP contribution in [0.25, 0.3) is 0 Å². The first-order chi connectivity index (χ1) is 6.86. The van der Waals surface area contributed by atoms with Gasteiger partial charge in [0.1, 0.15) is 0 Å². The molecular weight excluding hydrogens is 174 g/mol. The van der Waals surface area contributed by atoms with Crippen LogP contribution in [0.1, 0.15) is 48.6 Å². The van der Waals surface area contributed by atoms with Crippen molar-refractivity contribution in [1.29, 1.82) is 0 Å². The summed E-state index contributed by atoms with van der Waals surface area (Å²) in [7, 11) is 0. The van der Waals surface area contributed by atoms with E-state index < -0.39 is 0 Å². The van der Waals surface area contributed by atoms with Crippen LogP contribution in [0.4, 0.5) is 0 Å². The quantitative estimate of drug-likeness (QED) is 0.656. The Morgan fingerprint density at radius 3 is 2.93 bits per heavy atom. The van der Waals surface area contributed by atoms with E-state index in [1.165, 1.54) is 32.1 Å². The fraction of sp³-hybridized carbons (Fsp3) is 0.583. The fourth-order valence-corrected chi connectivity index (χ4v) is 3.13. The zero-order valence-electron chi connectivity index (χ0n) is 8.28. The summed E-state index contributed by atoms with van der Waals surface area (Å²) in [6.07, 6.45) is 9.83. The highest BCUT2D eigenvalue weighted by molar-refractivity contribution is 5.72. The van der Waals surface area contributed by atoms with Gasteiger partial charge >= 0.3 is 0 Å². The molecule has 0 saturated heterocycles. The molecule has 1 unspecified atom stereocenters. The molecule has 2 heteroatoms. The van der Waals surface area contributed by atoms with Gasteiger partial charge in [-0.15, -0.1) is 0 Å². The lowest BCUT2D eigenvalue weighted by molar-refractivity contribution is 0.111. The van der Waals surface area contributed by atoms with E-state index in [0.717, 1.165) is 12.0 Å². The highest BCUT2D eigenvalue weighted by atomic mass is 16.1. The van der Waals surface area contributed by atoms with E-state index >= 15 is 0 Å². The number of carbonyl (C=O) groups is 1. The first-order valence-electron chi connectivity index (χ1n) is 5.48. The normalized spacial score (nSPS) is 28.1. The van der Waals surface area contributed by atoms with Crippen LogP contribution in [-0.4, -0.2) is 10.9 Å². The van der Waals surface area contributed by atoms with E-state index in [0.29, 0.717) is 11.5 Å². The molecular formula is C12H15NO. The van der Waals surface area contributed by atoms with Crippen molar-refractivity contribution in [3.05, 3.63) is 24.0 Å². The van der Waals surface area contributed by atoms with Gasteiger partial charge in [-0.05, 0) is 36.8 Å². The van der Waals surface area contributed by atoms with E-state index in [1.807, 2.05) is 12.1 Å². The van der Waals surface area contributed by atoms with Crippen molar-refractivity contribution < 1.29 is 4.79 Å². The number of aromatic nitrogens is 1. The van der Waals surface area contributed by atoms with Crippen molar-refractivity contribution in [2.45, 2.75) is 38.1 Å². The van der Waals surface area contributed by atoms with Gasteiger partial charge in [0.25, 0.3) is 0 Å². The Hall–Kier alpha value is -1.05. The maximum atomic E-state index is 10.8. The molecule has 74 valence electrons. The zero-order valence-corrected chi connectivity index (χ0v) is 8.28. The molecule has 0 bridgehead atoms. The summed E-state index contributed by atoms with van der Waals surface area (Å²) >= 11 is 0. The number of hydrogen-bond acceptors (Lipinski definition) is 1. The maximum absolute atomic E-state index is 10.8. The lowest BCUT2D eigenvalue weighted by Gasteiger charge is -2.10. The molecule has 1 atom stereocenters. The number of carbonyl (C=O) groups excluding carboxylic acids is 1. The molecule has 0 radical (unpaired) electrons. The second-order valence-corrected chi connectivity index (χ2v) is 4.75. The maximum Gasteiger partial charge on any atom is 0.166 e. The monoisotopic (exact) mass is 189 g/mol. The van der Waals surface area contributed by atoms with Crippen molar-refractivity contribution in [3.63, 3.8) is 0 Å². The highest BCUT2D eigenvalue weighted by Crippen LogP contribution is 2.65. The topological polar surface area (TPSA) is 22.0 Å². The molecule has 2 aliphatic rings. The average molecular weight is 189 g/mol. The summed E-state index contributed by atoms with van der Waals surface area (Å²) in [5, 5.41) is 0. The molecule has 2 aliphatic carbocycles. The summed E-state index contributed by atoms with van der Waals surface area (Å²) in [6.45, 7) is 0. The molecule has 0 aromatic carbocycles. The fourth-order valence-electron chi connectivity index (χ4n) is 3.13. The Balaban J connectivity index is 1.88. The molecule has 2 fully saturated rings.